The third-order valence-corrected chi connectivity index (χ3v) is 4.17. The molecular weight excluding hydrogens is 355 g/mol. The van der Waals surface area contributed by atoms with E-state index >= 15 is 0 Å². The first-order chi connectivity index (χ1) is 10.9. The number of carbonyl (C=O) groups excluding carboxylic acids is 1. The predicted molar refractivity (Wildman–Crippen MR) is 94.8 cm³/mol. The minimum atomic E-state index is -1.62. The molecule has 1 amide bonds. The van der Waals surface area contributed by atoms with Gasteiger partial charge in [-0.2, -0.15) is 0 Å². The summed E-state index contributed by atoms with van der Waals surface area (Å²) in [6, 6.07) is 17.1. The van der Waals surface area contributed by atoms with Gasteiger partial charge in [-0.1, -0.05) is 83.3 Å². The average Bonchev–Trinajstić information content (AvgIpc) is 2.51. The van der Waals surface area contributed by atoms with Crippen LogP contribution in [0.2, 0.25) is 0 Å². The van der Waals surface area contributed by atoms with Crippen LogP contribution in [-0.2, 0) is 6.54 Å². The molecule has 0 spiro atoms. The van der Waals surface area contributed by atoms with Crippen LogP contribution in [0.1, 0.15) is 21.5 Å². The molecule has 23 heavy (non-hydrogen) atoms. The highest BCUT2D eigenvalue weighted by Gasteiger charge is 2.37. The van der Waals surface area contributed by atoms with Gasteiger partial charge in [-0.25, -0.2) is 0 Å². The van der Waals surface area contributed by atoms with E-state index in [0.29, 0.717) is 12.1 Å². The number of hydrogen-bond donors (Lipinski definition) is 2. The number of hydrogen-bond acceptors (Lipinski definition) is 1. The molecule has 0 aliphatic heterocycles. The Morgan fingerprint density at radius 2 is 1.70 bits per heavy atom. The first-order valence-corrected chi connectivity index (χ1v) is 8.32. The van der Waals surface area contributed by atoms with Crippen LogP contribution in [0, 0.1) is 6.92 Å². The van der Waals surface area contributed by atoms with Crippen molar-refractivity contribution in [1.82, 2.24) is 5.32 Å². The summed E-state index contributed by atoms with van der Waals surface area (Å²) in [6.07, 6.45) is -0.695. The van der Waals surface area contributed by atoms with Crippen molar-refractivity contribution >= 4 is 40.7 Å². The molecule has 0 saturated heterocycles. The summed E-state index contributed by atoms with van der Waals surface area (Å²) >= 11 is 18.1. The molecule has 0 saturated carbocycles. The van der Waals surface area contributed by atoms with Crippen LogP contribution in [0.5, 0.6) is 0 Å². The fraction of sp³-hybridized carbons (Fsp3) is 0.235. The maximum absolute atomic E-state index is 12.4. The van der Waals surface area contributed by atoms with Crippen molar-refractivity contribution < 1.29 is 10.1 Å². The Morgan fingerprint density at radius 1 is 1.09 bits per heavy atom. The summed E-state index contributed by atoms with van der Waals surface area (Å²) in [7, 11) is 0. The fourth-order valence-electron chi connectivity index (χ4n) is 2.19. The zero-order chi connectivity index (χ0) is 16.9. The van der Waals surface area contributed by atoms with Crippen molar-refractivity contribution in [3.05, 3.63) is 71.3 Å². The second kappa shape index (κ2) is 8.02. The third-order valence-electron chi connectivity index (χ3n) is 3.46. The molecule has 1 atom stereocenters. The number of nitrogens with one attached hydrogen (secondary N) is 1. The largest absolute Gasteiger partial charge is 0.319 e. The van der Waals surface area contributed by atoms with E-state index in [9.17, 15) is 4.79 Å². The van der Waals surface area contributed by atoms with Gasteiger partial charge in [-0.3, -0.25) is 10.1 Å². The van der Waals surface area contributed by atoms with Gasteiger partial charge >= 0.3 is 0 Å². The lowest BCUT2D eigenvalue weighted by Gasteiger charge is -2.23. The smallest absolute Gasteiger partial charge is 0.262 e. The van der Waals surface area contributed by atoms with Gasteiger partial charge < -0.3 is 5.32 Å². The van der Waals surface area contributed by atoms with Gasteiger partial charge in [0.25, 0.3) is 9.70 Å². The average molecular weight is 373 g/mol. The lowest BCUT2D eigenvalue weighted by molar-refractivity contribution is -0.706. The highest BCUT2D eigenvalue weighted by Crippen LogP contribution is 2.27. The van der Waals surface area contributed by atoms with Crippen LogP contribution in [-0.4, -0.2) is 15.9 Å². The molecule has 122 valence electrons. The van der Waals surface area contributed by atoms with Crippen LogP contribution >= 0.6 is 34.8 Å². The highest BCUT2D eigenvalue weighted by atomic mass is 35.6. The Hall–Kier alpha value is -1.26. The molecule has 6 heteroatoms. The van der Waals surface area contributed by atoms with E-state index in [0.717, 1.165) is 11.1 Å². The standard InChI is InChI=1S/C17H17Cl3N2O/c1-12-7-5-6-10-14(12)15(23)22-16(17(18,19)20)21-11-13-8-3-2-4-9-13/h2-10,16,21H,11H2,1H3,(H,22,23)/p+1/t16-/m0/s1. The molecule has 0 aliphatic rings. The van der Waals surface area contributed by atoms with Gasteiger partial charge in [0.1, 0.15) is 6.54 Å². The highest BCUT2D eigenvalue weighted by molar-refractivity contribution is 6.68. The van der Waals surface area contributed by atoms with Crippen molar-refractivity contribution in [2.24, 2.45) is 0 Å². The van der Waals surface area contributed by atoms with Crippen molar-refractivity contribution in [1.29, 1.82) is 0 Å². The summed E-state index contributed by atoms with van der Waals surface area (Å²) in [6.45, 7) is 2.46. The molecule has 0 fully saturated rings. The van der Waals surface area contributed by atoms with E-state index in [1.807, 2.05) is 49.4 Å². The van der Waals surface area contributed by atoms with Gasteiger partial charge in [0.2, 0.25) is 6.17 Å². The minimum absolute atomic E-state index is 0.260. The Bertz CT molecular complexity index is 656. The van der Waals surface area contributed by atoms with E-state index in [1.54, 1.807) is 17.4 Å². The van der Waals surface area contributed by atoms with Crippen LogP contribution in [0.4, 0.5) is 0 Å². The Balaban J connectivity index is 2.07. The molecule has 0 aromatic heterocycles. The van der Waals surface area contributed by atoms with Gasteiger partial charge in [0.15, 0.2) is 0 Å². The number of quaternary nitrogens is 1. The number of rotatable bonds is 5. The molecule has 3 N–H and O–H groups in total. The van der Waals surface area contributed by atoms with Gasteiger partial charge in [0.05, 0.1) is 0 Å². The fourth-order valence-corrected chi connectivity index (χ4v) is 2.62. The predicted octanol–water partition coefficient (Wildman–Crippen LogP) is 3.18. The van der Waals surface area contributed by atoms with Crippen LogP contribution in [0.25, 0.3) is 0 Å². The topological polar surface area (TPSA) is 45.7 Å². The van der Waals surface area contributed by atoms with E-state index in [2.05, 4.69) is 5.32 Å². The van der Waals surface area contributed by atoms with Crippen LogP contribution in [0.15, 0.2) is 54.6 Å². The number of amides is 1. The van der Waals surface area contributed by atoms with E-state index in [1.165, 1.54) is 0 Å². The van der Waals surface area contributed by atoms with E-state index < -0.39 is 9.96 Å². The number of aryl methyl sites for hydroxylation is 1. The Kier molecular flexibility index (Phi) is 6.31. The SMILES string of the molecule is Cc1ccccc1C(=O)N[C@H]([NH2+]Cc1ccccc1)C(Cl)(Cl)Cl. The monoisotopic (exact) mass is 371 g/mol. The first kappa shape index (κ1) is 18.1. The summed E-state index contributed by atoms with van der Waals surface area (Å²) < 4.78 is -1.62. The number of alkyl halides is 3. The van der Waals surface area contributed by atoms with E-state index in [4.69, 9.17) is 34.8 Å². The van der Waals surface area contributed by atoms with Crippen molar-refractivity contribution in [3.8, 4) is 0 Å². The number of benzene rings is 2. The normalized spacial score (nSPS) is 12.7. The number of carbonyl (C=O) groups is 1. The van der Waals surface area contributed by atoms with Crippen molar-refractivity contribution in [3.63, 3.8) is 0 Å². The Labute approximate surface area is 150 Å². The maximum Gasteiger partial charge on any atom is 0.262 e. The van der Waals surface area contributed by atoms with Gasteiger partial charge in [-0.15, -0.1) is 0 Å². The summed E-state index contributed by atoms with van der Waals surface area (Å²) in [5, 5.41) is 4.60. The molecule has 2 rings (SSSR count). The summed E-state index contributed by atoms with van der Waals surface area (Å²) in [4.78, 5) is 12.4. The van der Waals surface area contributed by atoms with Crippen molar-refractivity contribution in [2.45, 2.75) is 23.4 Å². The molecule has 2 aromatic carbocycles. The molecular formula is C17H18Cl3N2O+. The first-order valence-electron chi connectivity index (χ1n) is 7.18. The second-order valence-corrected chi connectivity index (χ2v) is 7.60. The number of nitrogens with two attached hydrogens (primary N) is 1. The summed E-state index contributed by atoms with van der Waals surface area (Å²) in [5.74, 6) is -0.260. The number of halogens is 3. The summed E-state index contributed by atoms with van der Waals surface area (Å²) in [5.41, 5.74) is 2.52. The Morgan fingerprint density at radius 3 is 2.30 bits per heavy atom. The lowest BCUT2D eigenvalue weighted by Crippen LogP contribution is -2.95. The zero-order valence-electron chi connectivity index (χ0n) is 12.6. The minimum Gasteiger partial charge on any atom is -0.319 e. The molecule has 3 nitrogen and oxygen atoms in total. The van der Waals surface area contributed by atoms with Crippen molar-refractivity contribution in [2.75, 3.05) is 0 Å². The van der Waals surface area contributed by atoms with Gasteiger partial charge in [-0.05, 0) is 18.6 Å². The quantitative estimate of drug-likeness (QED) is 0.614. The van der Waals surface area contributed by atoms with Crippen LogP contribution in [0.3, 0.4) is 0 Å². The van der Waals surface area contributed by atoms with Gasteiger partial charge in [0, 0.05) is 11.1 Å². The van der Waals surface area contributed by atoms with E-state index in [-0.39, 0.29) is 5.91 Å². The molecule has 0 unspecified atom stereocenters. The second-order valence-electron chi connectivity index (χ2n) is 5.23. The molecule has 0 aliphatic carbocycles. The lowest BCUT2D eigenvalue weighted by atomic mass is 10.1. The molecule has 2 aromatic rings. The third kappa shape index (κ3) is 5.40. The molecule has 0 heterocycles. The molecule has 0 radical (unpaired) electrons. The molecule has 0 bridgehead atoms. The zero-order valence-corrected chi connectivity index (χ0v) is 14.9. The van der Waals surface area contributed by atoms with Crippen LogP contribution < -0.4 is 10.6 Å². The maximum atomic E-state index is 12.4.